The molecule has 0 bridgehead atoms. The van der Waals surface area contributed by atoms with E-state index < -0.39 is 8.32 Å². The molecule has 0 aromatic heterocycles. The molecule has 0 atom stereocenters. The van der Waals surface area contributed by atoms with E-state index in [0.717, 1.165) is 13.0 Å². The molecule has 2 rings (SSSR count). The Morgan fingerprint density at radius 2 is 0.878 bits per heavy atom. The van der Waals surface area contributed by atoms with Crippen molar-refractivity contribution in [1.29, 1.82) is 0 Å². The van der Waals surface area contributed by atoms with Crippen molar-refractivity contribution < 1.29 is 4.43 Å². The van der Waals surface area contributed by atoms with Crippen LogP contribution in [-0.2, 0) is 4.43 Å². The van der Waals surface area contributed by atoms with Crippen molar-refractivity contribution >= 4 is 18.7 Å². The lowest BCUT2D eigenvalue weighted by Gasteiger charge is -2.43. The van der Waals surface area contributed by atoms with E-state index in [2.05, 4.69) is 113 Å². The summed E-state index contributed by atoms with van der Waals surface area (Å²) < 4.78 is 7.03. The molecule has 0 N–H and O–H groups in total. The third-order valence-corrected chi connectivity index (χ3v) is 13.4. The highest BCUT2D eigenvalue weighted by atomic mass is 28.4. The van der Waals surface area contributed by atoms with Crippen LogP contribution in [-0.4, -0.2) is 14.9 Å². The molecular formula is C39H62OSi. The summed E-state index contributed by atoms with van der Waals surface area (Å²) in [7, 11) is -2.38. The monoisotopic (exact) mass is 574 g/mol. The second kappa shape index (κ2) is 21.7. The summed E-state index contributed by atoms with van der Waals surface area (Å²) >= 11 is 0. The molecule has 0 aliphatic heterocycles. The maximum Gasteiger partial charge on any atom is 0.261 e. The molecule has 1 nitrogen and oxygen atoms in total. The Bertz CT molecular complexity index is 886. The highest BCUT2D eigenvalue weighted by molar-refractivity contribution is 6.99. The van der Waals surface area contributed by atoms with Crippen LogP contribution < -0.4 is 10.4 Å². The second-order valence-corrected chi connectivity index (χ2v) is 17.1. The molecule has 2 aromatic carbocycles. The fourth-order valence-electron chi connectivity index (χ4n) is 5.99. The number of allylic oxidation sites excluding steroid dienone is 4. The lowest BCUT2D eigenvalue weighted by molar-refractivity contribution is 0.286. The second-order valence-electron chi connectivity index (χ2n) is 12.8. The van der Waals surface area contributed by atoms with Gasteiger partial charge in [-0.15, -0.1) is 0 Å². The molecule has 2 heteroatoms. The van der Waals surface area contributed by atoms with Crippen LogP contribution >= 0.6 is 0 Å². The molecule has 228 valence electrons. The summed E-state index contributed by atoms with van der Waals surface area (Å²) in [6, 6.07) is 22.1. The van der Waals surface area contributed by atoms with Crippen molar-refractivity contribution in [2.24, 2.45) is 0 Å². The summed E-state index contributed by atoms with van der Waals surface area (Å²) in [6.07, 6.45) is 32.1. The minimum absolute atomic E-state index is 0.0641. The Labute approximate surface area is 256 Å². The average molecular weight is 575 g/mol. The van der Waals surface area contributed by atoms with Crippen LogP contribution in [0.2, 0.25) is 5.04 Å². The van der Waals surface area contributed by atoms with Crippen molar-refractivity contribution in [2.75, 3.05) is 6.61 Å². The van der Waals surface area contributed by atoms with Crippen molar-refractivity contribution in [3.8, 4) is 0 Å². The van der Waals surface area contributed by atoms with Gasteiger partial charge >= 0.3 is 0 Å². The van der Waals surface area contributed by atoms with Crippen LogP contribution in [0, 0.1) is 0 Å². The van der Waals surface area contributed by atoms with Crippen LogP contribution in [0.4, 0.5) is 0 Å². The predicted molar refractivity (Wildman–Crippen MR) is 186 cm³/mol. The Hall–Kier alpha value is -1.90. The van der Waals surface area contributed by atoms with Gasteiger partial charge in [0.2, 0.25) is 0 Å². The molecule has 2 aromatic rings. The minimum Gasteiger partial charge on any atom is -0.407 e. The highest BCUT2D eigenvalue weighted by Crippen LogP contribution is 2.36. The Morgan fingerprint density at radius 1 is 0.512 bits per heavy atom. The first kappa shape index (κ1) is 35.3. The van der Waals surface area contributed by atoms with Crippen LogP contribution in [0.3, 0.4) is 0 Å². The lowest BCUT2D eigenvalue weighted by atomic mass is 10.1. The van der Waals surface area contributed by atoms with Gasteiger partial charge in [-0.1, -0.05) is 170 Å². The van der Waals surface area contributed by atoms with Crippen LogP contribution in [0.15, 0.2) is 85.0 Å². The molecule has 0 saturated carbocycles. The maximum absolute atomic E-state index is 7.03. The average Bonchev–Trinajstić information content (AvgIpc) is 2.98. The Balaban J connectivity index is 1.54. The van der Waals surface area contributed by atoms with E-state index in [4.69, 9.17) is 4.43 Å². The van der Waals surface area contributed by atoms with Gasteiger partial charge in [-0.05, 0) is 66.8 Å². The minimum atomic E-state index is -2.38. The van der Waals surface area contributed by atoms with Gasteiger partial charge in [-0.2, -0.15) is 0 Å². The Kier molecular flexibility index (Phi) is 18.7. The number of hydrogen-bond acceptors (Lipinski definition) is 1. The standard InChI is InChI=1S/C39H62OSi/c1-5-6-7-8-9-10-11-12-13-14-15-16-17-18-19-20-21-22-23-24-31-36-40-41(39(2,3)4,37-32-27-25-28-33-37)38-34-29-26-30-35-38/h6-7,17-18,25-30,32-35H,5,8-16,19-24,31,36H2,1-4H3. The molecule has 0 radical (unpaired) electrons. The van der Waals surface area contributed by atoms with E-state index in [1.165, 1.54) is 113 Å². The topological polar surface area (TPSA) is 9.23 Å². The number of hydrogen-bond donors (Lipinski definition) is 0. The van der Waals surface area contributed by atoms with E-state index >= 15 is 0 Å². The van der Waals surface area contributed by atoms with Gasteiger partial charge in [0.05, 0.1) is 0 Å². The zero-order valence-corrected chi connectivity index (χ0v) is 28.2. The Morgan fingerprint density at radius 3 is 1.27 bits per heavy atom. The number of benzene rings is 2. The van der Waals surface area contributed by atoms with Gasteiger partial charge in [0.15, 0.2) is 0 Å². The zero-order chi connectivity index (χ0) is 29.5. The lowest BCUT2D eigenvalue weighted by Crippen LogP contribution is -2.66. The van der Waals surface area contributed by atoms with E-state index in [1.54, 1.807) is 0 Å². The number of rotatable bonds is 23. The van der Waals surface area contributed by atoms with E-state index in [-0.39, 0.29) is 5.04 Å². The fourth-order valence-corrected chi connectivity index (χ4v) is 10.6. The van der Waals surface area contributed by atoms with Crippen molar-refractivity contribution in [2.45, 2.75) is 142 Å². The number of unbranched alkanes of at least 4 members (excludes halogenated alkanes) is 14. The normalized spacial score (nSPS) is 12.6. The summed E-state index contributed by atoms with van der Waals surface area (Å²) in [5.41, 5.74) is 0. The molecule has 0 unspecified atom stereocenters. The van der Waals surface area contributed by atoms with Crippen LogP contribution in [0.1, 0.15) is 137 Å². The van der Waals surface area contributed by atoms with E-state index in [1.807, 2.05) is 0 Å². The van der Waals surface area contributed by atoms with Crippen molar-refractivity contribution in [1.82, 2.24) is 0 Å². The largest absolute Gasteiger partial charge is 0.407 e. The first-order valence-electron chi connectivity index (χ1n) is 17.1. The van der Waals surface area contributed by atoms with E-state index in [9.17, 15) is 0 Å². The van der Waals surface area contributed by atoms with Gasteiger partial charge in [0.25, 0.3) is 8.32 Å². The zero-order valence-electron chi connectivity index (χ0n) is 27.2. The summed E-state index contributed by atoms with van der Waals surface area (Å²) in [5, 5.41) is 2.83. The molecule has 41 heavy (non-hydrogen) atoms. The molecule has 0 aliphatic rings. The third kappa shape index (κ3) is 13.7. The van der Waals surface area contributed by atoms with Gasteiger partial charge in [0, 0.05) is 6.61 Å². The molecule has 0 amide bonds. The third-order valence-electron chi connectivity index (χ3n) is 8.31. The summed E-state index contributed by atoms with van der Waals surface area (Å²) in [5.74, 6) is 0. The van der Waals surface area contributed by atoms with Crippen LogP contribution in [0.5, 0.6) is 0 Å². The van der Waals surface area contributed by atoms with Crippen molar-refractivity contribution in [3.63, 3.8) is 0 Å². The molecule has 0 heterocycles. The summed E-state index contributed by atoms with van der Waals surface area (Å²) in [4.78, 5) is 0. The van der Waals surface area contributed by atoms with Gasteiger partial charge < -0.3 is 4.43 Å². The van der Waals surface area contributed by atoms with Crippen molar-refractivity contribution in [3.05, 3.63) is 85.0 Å². The van der Waals surface area contributed by atoms with E-state index in [0.29, 0.717) is 0 Å². The highest BCUT2D eigenvalue weighted by Gasteiger charge is 2.49. The first-order chi connectivity index (χ1) is 20.0. The van der Waals surface area contributed by atoms with Gasteiger partial charge in [-0.3, -0.25) is 0 Å². The molecule has 0 spiro atoms. The summed E-state index contributed by atoms with van der Waals surface area (Å²) in [6.45, 7) is 10.2. The maximum atomic E-state index is 7.03. The SMILES string of the molecule is CCC=CCCCCCCCCCC=CCCCCCCCCO[Si](c1ccccc1)(c1ccccc1)C(C)(C)C. The quantitative estimate of drug-likeness (QED) is 0.0728. The predicted octanol–water partition coefficient (Wildman–Crippen LogP) is 11.3. The molecule has 0 fully saturated rings. The smallest absolute Gasteiger partial charge is 0.261 e. The molecule has 0 saturated heterocycles. The molecule has 0 aliphatic carbocycles. The first-order valence-corrected chi connectivity index (χ1v) is 19.0. The van der Waals surface area contributed by atoms with Crippen LogP contribution in [0.25, 0.3) is 0 Å². The fraction of sp³-hybridized carbons (Fsp3) is 0.590. The van der Waals surface area contributed by atoms with Gasteiger partial charge in [0.1, 0.15) is 0 Å². The molecular weight excluding hydrogens is 513 g/mol. The van der Waals surface area contributed by atoms with Gasteiger partial charge in [-0.25, -0.2) is 0 Å².